The molecule has 0 bridgehead atoms. The van der Waals surface area contributed by atoms with Crippen molar-refractivity contribution in [1.29, 1.82) is 0 Å². The SMILES string of the molecule is Cc1cc(N2CCNCC2)ccc1NC(=O)c1[nH]cnc1C(N)=O. The Bertz CT molecular complexity index is 764. The fourth-order valence-electron chi connectivity index (χ4n) is 2.75. The number of aromatic amines is 1. The van der Waals surface area contributed by atoms with E-state index >= 15 is 0 Å². The summed E-state index contributed by atoms with van der Waals surface area (Å²) in [6.45, 7) is 5.78. The van der Waals surface area contributed by atoms with Gasteiger partial charge in [-0.1, -0.05) is 0 Å². The average molecular weight is 328 g/mol. The molecule has 1 aliphatic heterocycles. The standard InChI is InChI=1S/C16H20N6O2/c1-10-8-11(22-6-4-18-5-7-22)2-3-12(10)21-16(24)14-13(15(17)23)19-9-20-14/h2-3,8-9,18H,4-7H2,1H3,(H2,17,23)(H,19,20)(H,21,24). The first-order valence-corrected chi connectivity index (χ1v) is 7.77. The van der Waals surface area contributed by atoms with Crippen LogP contribution in [0.3, 0.4) is 0 Å². The summed E-state index contributed by atoms with van der Waals surface area (Å²) in [5, 5.41) is 6.11. The van der Waals surface area contributed by atoms with Crippen molar-refractivity contribution in [2.75, 3.05) is 36.4 Å². The molecule has 0 atom stereocenters. The van der Waals surface area contributed by atoms with Gasteiger partial charge >= 0.3 is 0 Å². The monoisotopic (exact) mass is 328 g/mol. The van der Waals surface area contributed by atoms with E-state index < -0.39 is 11.8 Å². The van der Waals surface area contributed by atoms with Crippen molar-refractivity contribution in [2.45, 2.75) is 6.92 Å². The molecule has 2 amide bonds. The third-order valence-electron chi connectivity index (χ3n) is 4.04. The van der Waals surface area contributed by atoms with Gasteiger partial charge < -0.3 is 26.3 Å². The highest BCUT2D eigenvalue weighted by Gasteiger charge is 2.19. The van der Waals surface area contributed by atoms with Crippen LogP contribution in [0.25, 0.3) is 0 Å². The van der Waals surface area contributed by atoms with Crippen LogP contribution < -0.4 is 21.3 Å². The molecule has 3 rings (SSSR count). The zero-order chi connectivity index (χ0) is 17.1. The number of primary amides is 1. The van der Waals surface area contributed by atoms with Gasteiger partial charge in [0.25, 0.3) is 11.8 Å². The number of imidazole rings is 1. The molecule has 0 aliphatic carbocycles. The molecule has 2 heterocycles. The molecule has 2 aromatic rings. The fourth-order valence-corrected chi connectivity index (χ4v) is 2.75. The Hall–Kier alpha value is -2.87. The summed E-state index contributed by atoms with van der Waals surface area (Å²) < 4.78 is 0. The van der Waals surface area contributed by atoms with Gasteiger partial charge in [-0.05, 0) is 30.7 Å². The van der Waals surface area contributed by atoms with E-state index in [0.717, 1.165) is 37.4 Å². The number of carbonyl (C=O) groups excluding carboxylic acids is 2. The number of nitrogens with two attached hydrogens (primary N) is 1. The van der Waals surface area contributed by atoms with Crippen molar-refractivity contribution in [3.05, 3.63) is 41.5 Å². The minimum Gasteiger partial charge on any atom is -0.369 e. The lowest BCUT2D eigenvalue weighted by Crippen LogP contribution is -2.43. The van der Waals surface area contributed by atoms with Gasteiger partial charge in [0.1, 0.15) is 5.69 Å². The van der Waals surface area contributed by atoms with Crippen LogP contribution >= 0.6 is 0 Å². The molecule has 8 nitrogen and oxygen atoms in total. The number of aromatic nitrogens is 2. The van der Waals surface area contributed by atoms with Crippen molar-refractivity contribution >= 4 is 23.2 Å². The number of hydrogen-bond acceptors (Lipinski definition) is 5. The Kier molecular flexibility index (Phi) is 4.48. The van der Waals surface area contributed by atoms with Crippen molar-refractivity contribution in [2.24, 2.45) is 5.73 Å². The lowest BCUT2D eigenvalue weighted by molar-refractivity contribution is 0.0972. The van der Waals surface area contributed by atoms with E-state index in [1.54, 1.807) is 0 Å². The number of nitrogens with one attached hydrogen (secondary N) is 3. The molecule has 1 aromatic carbocycles. The number of aryl methyl sites for hydroxylation is 1. The third-order valence-corrected chi connectivity index (χ3v) is 4.04. The molecule has 1 aliphatic rings. The predicted octanol–water partition coefficient (Wildman–Crippen LogP) is 0.479. The molecule has 1 aromatic heterocycles. The van der Waals surface area contributed by atoms with Gasteiger partial charge in [0, 0.05) is 37.6 Å². The smallest absolute Gasteiger partial charge is 0.274 e. The highest BCUT2D eigenvalue weighted by Crippen LogP contribution is 2.23. The number of carbonyl (C=O) groups is 2. The van der Waals surface area contributed by atoms with E-state index in [1.807, 2.05) is 25.1 Å². The molecule has 8 heteroatoms. The van der Waals surface area contributed by atoms with E-state index in [0.29, 0.717) is 5.69 Å². The normalized spacial score (nSPS) is 14.5. The van der Waals surface area contributed by atoms with Gasteiger partial charge in [0.15, 0.2) is 5.69 Å². The average Bonchev–Trinajstić information content (AvgIpc) is 3.07. The van der Waals surface area contributed by atoms with Crippen molar-refractivity contribution < 1.29 is 9.59 Å². The number of anilines is 2. The quantitative estimate of drug-likeness (QED) is 0.651. The van der Waals surface area contributed by atoms with E-state index in [-0.39, 0.29) is 11.4 Å². The van der Waals surface area contributed by atoms with Gasteiger partial charge in [-0.3, -0.25) is 9.59 Å². The lowest BCUT2D eigenvalue weighted by Gasteiger charge is -2.30. The lowest BCUT2D eigenvalue weighted by atomic mass is 10.1. The molecular formula is C16H20N6O2. The second-order valence-corrected chi connectivity index (χ2v) is 5.68. The summed E-state index contributed by atoms with van der Waals surface area (Å²) >= 11 is 0. The summed E-state index contributed by atoms with van der Waals surface area (Å²) in [5.41, 5.74) is 7.97. The Morgan fingerprint density at radius 3 is 2.71 bits per heavy atom. The highest BCUT2D eigenvalue weighted by atomic mass is 16.2. The van der Waals surface area contributed by atoms with Gasteiger partial charge in [-0.2, -0.15) is 0 Å². The van der Waals surface area contributed by atoms with E-state index in [1.165, 1.54) is 6.33 Å². The molecule has 126 valence electrons. The first kappa shape index (κ1) is 16.0. The van der Waals surface area contributed by atoms with Crippen molar-refractivity contribution in [3.63, 3.8) is 0 Å². The predicted molar refractivity (Wildman–Crippen MR) is 91.3 cm³/mol. The van der Waals surface area contributed by atoms with Crippen LogP contribution in [0.4, 0.5) is 11.4 Å². The Morgan fingerprint density at radius 1 is 1.29 bits per heavy atom. The summed E-state index contributed by atoms with van der Waals surface area (Å²) in [6, 6.07) is 5.89. The number of rotatable bonds is 4. The number of amides is 2. The van der Waals surface area contributed by atoms with Crippen LogP contribution in [0.15, 0.2) is 24.5 Å². The topological polar surface area (TPSA) is 116 Å². The Balaban J connectivity index is 1.76. The minimum atomic E-state index is -0.743. The number of H-pyrrole nitrogens is 1. The maximum absolute atomic E-state index is 12.3. The van der Waals surface area contributed by atoms with Crippen LogP contribution in [-0.2, 0) is 0 Å². The summed E-state index contributed by atoms with van der Waals surface area (Å²) in [7, 11) is 0. The minimum absolute atomic E-state index is 0.0630. The fraction of sp³-hybridized carbons (Fsp3) is 0.312. The highest BCUT2D eigenvalue weighted by molar-refractivity contribution is 6.10. The van der Waals surface area contributed by atoms with Gasteiger partial charge in [-0.15, -0.1) is 0 Å². The Labute approximate surface area is 139 Å². The number of benzene rings is 1. The van der Waals surface area contributed by atoms with Crippen LogP contribution in [0.2, 0.25) is 0 Å². The van der Waals surface area contributed by atoms with Gasteiger partial charge in [0.2, 0.25) is 0 Å². The largest absolute Gasteiger partial charge is 0.369 e. The van der Waals surface area contributed by atoms with E-state index in [2.05, 4.69) is 25.5 Å². The molecule has 1 saturated heterocycles. The van der Waals surface area contributed by atoms with Crippen LogP contribution in [0.5, 0.6) is 0 Å². The van der Waals surface area contributed by atoms with Crippen LogP contribution in [-0.4, -0.2) is 48.0 Å². The molecule has 5 N–H and O–H groups in total. The number of nitrogens with zero attached hydrogens (tertiary/aromatic N) is 2. The molecule has 0 unspecified atom stereocenters. The first-order chi connectivity index (χ1) is 11.6. The molecule has 0 spiro atoms. The van der Waals surface area contributed by atoms with E-state index in [4.69, 9.17) is 5.73 Å². The zero-order valence-electron chi connectivity index (χ0n) is 13.4. The van der Waals surface area contributed by atoms with E-state index in [9.17, 15) is 9.59 Å². The molecular weight excluding hydrogens is 308 g/mol. The van der Waals surface area contributed by atoms with Crippen LogP contribution in [0.1, 0.15) is 26.5 Å². The maximum atomic E-state index is 12.3. The molecule has 24 heavy (non-hydrogen) atoms. The van der Waals surface area contributed by atoms with Gasteiger partial charge in [0.05, 0.1) is 6.33 Å². The Morgan fingerprint density at radius 2 is 2.04 bits per heavy atom. The molecule has 0 saturated carbocycles. The summed E-state index contributed by atoms with van der Waals surface area (Å²) in [4.78, 5) is 32.3. The summed E-state index contributed by atoms with van der Waals surface area (Å²) in [5.74, 6) is -1.19. The zero-order valence-corrected chi connectivity index (χ0v) is 13.4. The molecule has 0 radical (unpaired) electrons. The third kappa shape index (κ3) is 3.23. The molecule has 1 fully saturated rings. The van der Waals surface area contributed by atoms with Crippen molar-refractivity contribution in [1.82, 2.24) is 15.3 Å². The second-order valence-electron chi connectivity index (χ2n) is 5.68. The van der Waals surface area contributed by atoms with Crippen LogP contribution in [0, 0.1) is 6.92 Å². The number of piperazine rings is 1. The summed E-state index contributed by atoms with van der Waals surface area (Å²) in [6.07, 6.45) is 1.27. The van der Waals surface area contributed by atoms with Gasteiger partial charge in [-0.25, -0.2) is 4.98 Å². The second kappa shape index (κ2) is 6.71. The maximum Gasteiger partial charge on any atom is 0.274 e. The number of hydrogen-bond donors (Lipinski definition) is 4. The first-order valence-electron chi connectivity index (χ1n) is 7.77. The van der Waals surface area contributed by atoms with Crippen molar-refractivity contribution in [3.8, 4) is 0 Å².